The molecule has 0 spiro atoms. The number of nitrogens with one attached hydrogen (secondary N) is 1. The van der Waals surface area contributed by atoms with E-state index < -0.39 is 0 Å². The fraction of sp³-hybridized carbons (Fsp3) is 0.308. The van der Waals surface area contributed by atoms with Crippen LogP contribution >= 0.6 is 0 Å². The second-order valence-electron chi connectivity index (χ2n) is 4.67. The second-order valence-corrected chi connectivity index (χ2v) is 4.67. The van der Waals surface area contributed by atoms with Crippen molar-refractivity contribution < 1.29 is 9.59 Å². The van der Waals surface area contributed by atoms with Crippen LogP contribution in [0.1, 0.15) is 6.92 Å². The topological polar surface area (TPSA) is 68.2 Å². The summed E-state index contributed by atoms with van der Waals surface area (Å²) in [6, 6.07) is 6.74. The molecule has 4 amide bonds. The summed E-state index contributed by atoms with van der Waals surface area (Å²) in [6.07, 6.45) is -0.310. The van der Waals surface area contributed by atoms with E-state index >= 15 is 0 Å². The van der Waals surface area contributed by atoms with E-state index in [0.29, 0.717) is 17.3 Å². The Morgan fingerprint density at radius 3 is 2.60 bits per heavy atom. The van der Waals surface area contributed by atoms with Crippen LogP contribution in [-0.2, 0) is 0 Å². The van der Waals surface area contributed by atoms with E-state index in [2.05, 4.69) is 10.3 Å². The van der Waals surface area contributed by atoms with Gasteiger partial charge in [0.15, 0.2) is 0 Å². The lowest BCUT2D eigenvalue weighted by Crippen LogP contribution is -2.56. The lowest BCUT2D eigenvalue weighted by atomic mass is 10.2. The zero-order valence-electron chi connectivity index (χ0n) is 11.5. The molecule has 104 valence electrons. The smallest absolute Gasteiger partial charge is 0.333 e. The van der Waals surface area contributed by atoms with Crippen LogP contribution < -0.4 is 15.1 Å². The molecular weight excluding hydrogens is 258 g/mol. The average Bonchev–Trinajstić information content (AvgIpc) is 2.78. The van der Waals surface area contributed by atoms with Crippen LogP contribution in [0.3, 0.4) is 0 Å². The van der Waals surface area contributed by atoms with Crippen molar-refractivity contribution >= 4 is 29.4 Å². The van der Waals surface area contributed by atoms with Gasteiger partial charge >= 0.3 is 12.1 Å². The normalized spacial score (nSPS) is 20.6. The molecule has 0 saturated heterocycles. The van der Waals surface area contributed by atoms with Gasteiger partial charge in [-0.1, -0.05) is 12.1 Å². The first-order chi connectivity index (χ1) is 9.56. The molecule has 7 heteroatoms. The number of benzene rings is 1. The predicted molar refractivity (Wildman–Crippen MR) is 75.9 cm³/mol. The van der Waals surface area contributed by atoms with Gasteiger partial charge in [0.05, 0.1) is 11.4 Å². The molecule has 0 bridgehead atoms. The van der Waals surface area contributed by atoms with Gasteiger partial charge in [-0.3, -0.25) is 0 Å². The Balaban J connectivity index is 2.21. The summed E-state index contributed by atoms with van der Waals surface area (Å²) in [4.78, 5) is 33.4. The highest BCUT2D eigenvalue weighted by molar-refractivity contribution is 6.35. The van der Waals surface area contributed by atoms with E-state index in [9.17, 15) is 9.59 Å². The van der Waals surface area contributed by atoms with Crippen molar-refractivity contribution in [1.29, 1.82) is 0 Å². The number of para-hydroxylation sites is 2. The highest BCUT2D eigenvalue weighted by Crippen LogP contribution is 2.39. The van der Waals surface area contributed by atoms with Gasteiger partial charge in [0.2, 0.25) is 5.96 Å². The van der Waals surface area contributed by atoms with Crippen LogP contribution in [0.2, 0.25) is 0 Å². The number of anilines is 2. The first-order valence-electron chi connectivity index (χ1n) is 6.32. The van der Waals surface area contributed by atoms with E-state index in [1.165, 1.54) is 14.7 Å². The van der Waals surface area contributed by atoms with Crippen LogP contribution in [0.5, 0.6) is 0 Å². The van der Waals surface area contributed by atoms with Gasteiger partial charge in [-0.15, -0.1) is 0 Å². The number of nitrogens with zero attached hydrogens (tertiary/aromatic N) is 4. The molecule has 2 heterocycles. The molecule has 0 radical (unpaired) electrons. The third-order valence-corrected chi connectivity index (χ3v) is 3.54. The van der Waals surface area contributed by atoms with Gasteiger partial charge in [0.25, 0.3) is 0 Å². The van der Waals surface area contributed by atoms with Gasteiger partial charge in [-0.25, -0.2) is 24.4 Å². The molecule has 0 saturated carbocycles. The molecular formula is C13H15N5O2. The van der Waals surface area contributed by atoms with Crippen molar-refractivity contribution in [2.75, 3.05) is 23.9 Å². The third-order valence-electron chi connectivity index (χ3n) is 3.54. The van der Waals surface area contributed by atoms with Crippen molar-refractivity contribution in [2.24, 2.45) is 4.99 Å². The molecule has 20 heavy (non-hydrogen) atoms. The van der Waals surface area contributed by atoms with Crippen molar-refractivity contribution in [3.63, 3.8) is 0 Å². The molecule has 0 fully saturated rings. The molecule has 0 aliphatic carbocycles. The molecule has 1 aromatic carbocycles. The number of carbonyl (C=O) groups excluding carboxylic acids is 2. The van der Waals surface area contributed by atoms with Crippen molar-refractivity contribution in [1.82, 2.24) is 10.2 Å². The summed E-state index contributed by atoms with van der Waals surface area (Å²) in [5.41, 5.74) is 1.32. The molecule has 1 unspecified atom stereocenters. The fourth-order valence-electron chi connectivity index (χ4n) is 2.35. The summed E-state index contributed by atoms with van der Waals surface area (Å²) in [5.74, 6) is 0.348. The number of hydrogen-bond donors (Lipinski definition) is 1. The number of rotatable bonds is 0. The number of urea groups is 2. The predicted octanol–water partition coefficient (Wildman–Crippen LogP) is 1.42. The highest BCUT2D eigenvalue weighted by Gasteiger charge is 2.44. The summed E-state index contributed by atoms with van der Waals surface area (Å²) < 4.78 is 0. The molecule has 1 N–H and O–H groups in total. The Kier molecular flexibility index (Phi) is 2.63. The van der Waals surface area contributed by atoms with Crippen LogP contribution in [0.25, 0.3) is 0 Å². The Bertz CT molecular complexity index is 612. The number of amides is 4. The van der Waals surface area contributed by atoms with Gasteiger partial charge in [-0.05, 0) is 19.1 Å². The molecule has 2 aliphatic rings. The van der Waals surface area contributed by atoms with Gasteiger partial charge in [-0.2, -0.15) is 0 Å². The van der Waals surface area contributed by atoms with Crippen LogP contribution in [0.4, 0.5) is 21.0 Å². The van der Waals surface area contributed by atoms with E-state index in [1.54, 1.807) is 26.2 Å². The first kappa shape index (κ1) is 12.5. The lowest BCUT2D eigenvalue weighted by Gasteiger charge is -2.33. The number of fused-ring (bicyclic) bond motifs is 3. The van der Waals surface area contributed by atoms with E-state index in [-0.39, 0.29) is 18.2 Å². The monoisotopic (exact) mass is 273 g/mol. The number of guanidine groups is 1. The zero-order chi connectivity index (χ0) is 14.4. The molecule has 7 nitrogen and oxygen atoms in total. The summed E-state index contributed by atoms with van der Waals surface area (Å²) in [5, 5.41) is 2.58. The van der Waals surface area contributed by atoms with Crippen molar-refractivity contribution in [3.8, 4) is 0 Å². The molecule has 1 atom stereocenters. The van der Waals surface area contributed by atoms with Gasteiger partial charge in [0, 0.05) is 14.1 Å². The van der Waals surface area contributed by atoms with Gasteiger partial charge in [0.1, 0.15) is 6.17 Å². The molecule has 2 aliphatic heterocycles. The standard InChI is InChI=1S/C13H15N5O2/c1-8-15-11-17(12(19)14-2)9-6-4-5-7-10(9)18(11)13(20)16(8)3/h4-8H,1-3H3,(H,14,19). The molecule has 3 rings (SSSR count). The number of aliphatic imine (C=N–C) groups is 1. The Morgan fingerprint density at radius 2 is 1.95 bits per heavy atom. The van der Waals surface area contributed by atoms with E-state index in [0.717, 1.165) is 0 Å². The van der Waals surface area contributed by atoms with Gasteiger partial charge < -0.3 is 10.2 Å². The maximum atomic E-state index is 12.4. The Labute approximate surface area is 116 Å². The minimum atomic E-state index is -0.316. The van der Waals surface area contributed by atoms with E-state index in [4.69, 9.17) is 0 Å². The van der Waals surface area contributed by atoms with Crippen molar-refractivity contribution in [3.05, 3.63) is 24.3 Å². The lowest BCUT2D eigenvalue weighted by molar-refractivity contribution is 0.202. The zero-order valence-corrected chi connectivity index (χ0v) is 11.5. The quantitative estimate of drug-likeness (QED) is 0.776. The first-order valence-corrected chi connectivity index (χ1v) is 6.32. The SMILES string of the molecule is CNC(=O)N1C2=NC(C)N(C)C(=O)N2c2ccccc21. The summed E-state index contributed by atoms with van der Waals surface area (Å²) >= 11 is 0. The molecule has 0 aromatic heterocycles. The minimum Gasteiger partial charge on any atom is -0.340 e. The maximum Gasteiger partial charge on any atom is 0.333 e. The summed E-state index contributed by atoms with van der Waals surface area (Å²) in [7, 11) is 3.24. The molecule has 1 aromatic rings. The third kappa shape index (κ3) is 1.49. The largest absolute Gasteiger partial charge is 0.340 e. The van der Waals surface area contributed by atoms with Crippen LogP contribution in [-0.4, -0.2) is 43.2 Å². The Hall–Kier alpha value is -2.57. The fourth-order valence-corrected chi connectivity index (χ4v) is 2.35. The Morgan fingerprint density at radius 1 is 1.30 bits per heavy atom. The summed E-state index contributed by atoms with van der Waals surface area (Å²) in [6.45, 7) is 1.81. The van der Waals surface area contributed by atoms with E-state index in [1.807, 2.05) is 19.1 Å². The van der Waals surface area contributed by atoms with Crippen LogP contribution in [0, 0.1) is 0 Å². The number of carbonyl (C=O) groups is 2. The van der Waals surface area contributed by atoms with Crippen LogP contribution in [0.15, 0.2) is 29.3 Å². The second kappa shape index (κ2) is 4.22. The minimum absolute atomic E-state index is 0.193. The highest BCUT2D eigenvalue weighted by atomic mass is 16.2. The maximum absolute atomic E-state index is 12.4. The van der Waals surface area contributed by atoms with Crippen molar-refractivity contribution in [2.45, 2.75) is 13.1 Å². The average molecular weight is 273 g/mol. The number of hydrogen-bond acceptors (Lipinski definition) is 3.